The molecule has 0 atom stereocenters. The molecular weight excluding hydrogens is 246 g/mol. The molecule has 0 fully saturated rings. The number of nitrogens with zero attached hydrogens (tertiary/aromatic N) is 1. The van der Waals surface area contributed by atoms with Gasteiger partial charge in [0.2, 0.25) is 0 Å². The largest absolute Gasteiger partial charge is 0.459 e. The van der Waals surface area contributed by atoms with Crippen LogP contribution < -0.4 is 4.90 Å². The predicted octanol–water partition coefficient (Wildman–Crippen LogP) is 2.38. The van der Waals surface area contributed by atoms with Crippen molar-refractivity contribution in [3.05, 3.63) is 42.5 Å². The van der Waals surface area contributed by atoms with E-state index in [0.717, 1.165) is 5.69 Å². The molecule has 0 aromatic heterocycles. The van der Waals surface area contributed by atoms with Gasteiger partial charge in [0.25, 0.3) is 0 Å². The average Bonchev–Trinajstić information content (AvgIpc) is 2.43. The Balaban J connectivity index is 2.32. The second-order valence-corrected chi connectivity index (χ2v) is 3.93. The van der Waals surface area contributed by atoms with E-state index in [0.29, 0.717) is 5.57 Å². The normalized spacial score (nSPS) is 9.58. The Kier molecular flexibility index (Phi) is 5.60. The Hall–Kier alpha value is -2.30. The number of anilines is 1. The van der Waals surface area contributed by atoms with E-state index >= 15 is 0 Å². The van der Waals surface area contributed by atoms with E-state index in [1.807, 2.05) is 18.2 Å². The van der Waals surface area contributed by atoms with E-state index in [-0.39, 0.29) is 13.2 Å². The summed E-state index contributed by atoms with van der Waals surface area (Å²) in [7, 11) is 1.61. The number of carbonyl (C=O) groups excluding carboxylic acids is 2. The van der Waals surface area contributed by atoms with E-state index in [9.17, 15) is 9.59 Å². The van der Waals surface area contributed by atoms with E-state index < -0.39 is 12.1 Å². The van der Waals surface area contributed by atoms with Crippen molar-refractivity contribution in [1.29, 1.82) is 0 Å². The monoisotopic (exact) mass is 263 g/mol. The molecule has 0 radical (unpaired) electrons. The van der Waals surface area contributed by atoms with Crippen molar-refractivity contribution in [1.82, 2.24) is 0 Å². The summed E-state index contributed by atoms with van der Waals surface area (Å²) in [6.45, 7) is 5.02. The van der Waals surface area contributed by atoms with Gasteiger partial charge in [0.05, 0.1) is 0 Å². The van der Waals surface area contributed by atoms with Gasteiger partial charge in [0, 0.05) is 18.3 Å². The maximum absolute atomic E-state index is 11.7. The molecule has 1 aromatic carbocycles. The molecule has 0 aliphatic rings. The topological polar surface area (TPSA) is 55.8 Å². The molecule has 102 valence electrons. The summed E-state index contributed by atoms with van der Waals surface area (Å²) in [5.74, 6) is -0.493. The molecule has 19 heavy (non-hydrogen) atoms. The van der Waals surface area contributed by atoms with Crippen LogP contribution in [0.25, 0.3) is 0 Å². The van der Waals surface area contributed by atoms with Crippen LogP contribution in [-0.4, -0.2) is 32.3 Å². The summed E-state index contributed by atoms with van der Waals surface area (Å²) in [6.07, 6.45) is -0.502. The smallest absolute Gasteiger partial charge is 0.414 e. The number of amides is 1. The summed E-state index contributed by atoms with van der Waals surface area (Å²) >= 11 is 0. The zero-order chi connectivity index (χ0) is 14.3. The van der Waals surface area contributed by atoms with Crippen molar-refractivity contribution < 1.29 is 19.1 Å². The van der Waals surface area contributed by atoms with Gasteiger partial charge in [-0.1, -0.05) is 24.8 Å². The van der Waals surface area contributed by atoms with Crippen LogP contribution in [0.5, 0.6) is 0 Å². The number of ether oxygens (including phenoxy) is 2. The van der Waals surface area contributed by atoms with Crippen molar-refractivity contribution in [3.63, 3.8) is 0 Å². The Bertz CT molecular complexity index is 456. The third-order valence-corrected chi connectivity index (χ3v) is 2.31. The highest BCUT2D eigenvalue weighted by atomic mass is 16.6. The summed E-state index contributed by atoms with van der Waals surface area (Å²) in [5.41, 5.74) is 1.04. The predicted molar refractivity (Wildman–Crippen MR) is 72.0 cm³/mol. The third kappa shape index (κ3) is 4.83. The SMILES string of the molecule is C=C(C)C(=O)OCCOC(=O)N(C)c1ccccc1. The maximum atomic E-state index is 11.7. The minimum absolute atomic E-state index is 0.00896. The van der Waals surface area contributed by atoms with Gasteiger partial charge in [0.1, 0.15) is 13.2 Å². The molecule has 0 heterocycles. The van der Waals surface area contributed by atoms with E-state index in [2.05, 4.69) is 6.58 Å². The minimum atomic E-state index is -0.502. The molecule has 0 aliphatic heterocycles. The van der Waals surface area contributed by atoms with Gasteiger partial charge in [-0.25, -0.2) is 9.59 Å². The van der Waals surface area contributed by atoms with Gasteiger partial charge >= 0.3 is 12.1 Å². The number of para-hydroxylation sites is 1. The third-order valence-electron chi connectivity index (χ3n) is 2.31. The highest BCUT2D eigenvalue weighted by Crippen LogP contribution is 2.11. The van der Waals surface area contributed by atoms with Gasteiger partial charge in [-0.3, -0.25) is 4.90 Å². The molecule has 0 saturated carbocycles. The molecule has 5 heteroatoms. The number of benzene rings is 1. The van der Waals surface area contributed by atoms with Gasteiger partial charge in [-0.15, -0.1) is 0 Å². The summed E-state index contributed by atoms with van der Waals surface area (Å²) in [4.78, 5) is 24.1. The number of carbonyl (C=O) groups is 2. The molecule has 0 spiro atoms. The quantitative estimate of drug-likeness (QED) is 0.465. The second kappa shape index (κ2) is 7.20. The van der Waals surface area contributed by atoms with Crippen LogP contribution in [0.1, 0.15) is 6.92 Å². The van der Waals surface area contributed by atoms with Crippen LogP contribution in [0.15, 0.2) is 42.5 Å². The van der Waals surface area contributed by atoms with Crippen LogP contribution in [0.2, 0.25) is 0 Å². The first kappa shape index (κ1) is 14.8. The summed E-state index contributed by atoms with van der Waals surface area (Å²) in [6, 6.07) is 9.10. The van der Waals surface area contributed by atoms with Crippen molar-refractivity contribution >= 4 is 17.7 Å². The lowest BCUT2D eigenvalue weighted by molar-refractivity contribution is -0.139. The molecule has 1 aromatic rings. The molecule has 0 saturated heterocycles. The van der Waals surface area contributed by atoms with Crippen LogP contribution in [-0.2, 0) is 14.3 Å². The molecule has 0 bridgehead atoms. The fourth-order valence-electron chi connectivity index (χ4n) is 1.24. The van der Waals surface area contributed by atoms with Gasteiger partial charge in [-0.05, 0) is 19.1 Å². The first-order chi connectivity index (χ1) is 9.02. The first-order valence-corrected chi connectivity index (χ1v) is 5.80. The Morgan fingerprint density at radius 1 is 1.16 bits per heavy atom. The average molecular weight is 263 g/mol. The standard InChI is InChI=1S/C14H17NO4/c1-11(2)13(16)18-9-10-19-14(17)15(3)12-7-5-4-6-8-12/h4-8H,1,9-10H2,2-3H3. The lowest BCUT2D eigenvalue weighted by Crippen LogP contribution is -2.28. The summed E-state index contributed by atoms with van der Waals surface area (Å²) < 4.78 is 9.77. The van der Waals surface area contributed by atoms with E-state index in [4.69, 9.17) is 9.47 Å². The first-order valence-electron chi connectivity index (χ1n) is 5.80. The van der Waals surface area contributed by atoms with Crippen molar-refractivity contribution in [2.75, 3.05) is 25.2 Å². The zero-order valence-corrected chi connectivity index (χ0v) is 11.1. The molecule has 1 rings (SSSR count). The van der Waals surface area contributed by atoms with Crippen molar-refractivity contribution in [3.8, 4) is 0 Å². The lowest BCUT2D eigenvalue weighted by atomic mass is 10.3. The molecule has 1 amide bonds. The Morgan fingerprint density at radius 3 is 2.32 bits per heavy atom. The lowest BCUT2D eigenvalue weighted by Gasteiger charge is -2.16. The van der Waals surface area contributed by atoms with Crippen LogP contribution in [0.4, 0.5) is 10.5 Å². The molecule has 0 N–H and O–H groups in total. The van der Waals surface area contributed by atoms with Crippen molar-refractivity contribution in [2.24, 2.45) is 0 Å². The van der Waals surface area contributed by atoms with Crippen LogP contribution in [0, 0.1) is 0 Å². The second-order valence-electron chi connectivity index (χ2n) is 3.93. The number of esters is 1. The Morgan fingerprint density at radius 2 is 1.74 bits per heavy atom. The summed E-state index contributed by atoms with van der Waals surface area (Å²) in [5, 5.41) is 0. The minimum Gasteiger partial charge on any atom is -0.459 e. The van der Waals surface area contributed by atoms with E-state index in [1.54, 1.807) is 26.1 Å². The van der Waals surface area contributed by atoms with Gasteiger partial charge < -0.3 is 9.47 Å². The molecule has 5 nitrogen and oxygen atoms in total. The zero-order valence-electron chi connectivity index (χ0n) is 11.1. The van der Waals surface area contributed by atoms with E-state index in [1.165, 1.54) is 4.90 Å². The number of hydrogen-bond acceptors (Lipinski definition) is 4. The van der Waals surface area contributed by atoms with Gasteiger partial charge in [0.15, 0.2) is 0 Å². The fourth-order valence-corrected chi connectivity index (χ4v) is 1.24. The number of rotatable bonds is 5. The molecular formula is C14H17NO4. The Labute approximate surface area is 112 Å². The van der Waals surface area contributed by atoms with Gasteiger partial charge in [-0.2, -0.15) is 0 Å². The van der Waals surface area contributed by atoms with Crippen LogP contribution >= 0.6 is 0 Å². The highest BCUT2D eigenvalue weighted by molar-refractivity contribution is 5.87. The molecule has 0 unspecified atom stereocenters. The molecule has 0 aliphatic carbocycles. The van der Waals surface area contributed by atoms with Crippen LogP contribution in [0.3, 0.4) is 0 Å². The van der Waals surface area contributed by atoms with Crippen molar-refractivity contribution in [2.45, 2.75) is 6.92 Å². The fraction of sp³-hybridized carbons (Fsp3) is 0.286. The number of hydrogen-bond donors (Lipinski definition) is 0. The maximum Gasteiger partial charge on any atom is 0.414 e. The highest BCUT2D eigenvalue weighted by Gasteiger charge is 2.12.